The third-order valence-corrected chi connectivity index (χ3v) is 3.86. The lowest BCUT2D eigenvalue weighted by molar-refractivity contribution is 0.415. The molecule has 24 heavy (non-hydrogen) atoms. The average molecular weight is 340 g/mol. The topological polar surface area (TPSA) is 51.1 Å². The summed E-state index contributed by atoms with van der Waals surface area (Å²) in [6.07, 6.45) is 1.02. The molecular formula is C18H20N4OS. The maximum Gasteiger partial charge on any atom is 0.210 e. The molecular weight excluding hydrogens is 320 g/mol. The minimum atomic E-state index is 0.496. The summed E-state index contributed by atoms with van der Waals surface area (Å²) in [7, 11) is 1.64. The fraction of sp³-hybridized carbons (Fsp3) is 0.222. The van der Waals surface area contributed by atoms with Crippen LogP contribution in [-0.2, 0) is 6.54 Å². The number of aryl methyl sites for hydroxylation is 1. The van der Waals surface area contributed by atoms with Crippen molar-refractivity contribution in [3.8, 4) is 5.75 Å². The summed E-state index contributed by atoms with van der Waals surface area (Å²) in [5.41, 5.74) is 2.92. The van der Waals surface area contributed by atoms with Gasteiger partial charge in [-0.2, -0.15) is 0 Å². The third kappa shape index (κ3) is 3.49. The Morgan fingerprint density at radius 2 is 2.00 bits per heavy atom. The minimum absolute atomic E-state index is 0.496. The van der Waals surface area contributed by atoms with Gasteiger partial charge >= 0.3 is 0 Å². The molecule has 5 nitrogen and oxygen atoms in total. The van der Waals surface area contributed by atoms with Crippen molar-refractivity contribution in [3.63, 3.8) is 0 Å². The smallest absolute Gasteiger partial charge is 0.210 e. The van der Waals surface area contributed by atoms with Crippen molar-refractivity contribution in [3.05, 3.63) is 48.5 Å². The molecule has 0 aliphatic heterocycles. The number of benzene rings is 2. The molecule has 0 radical (unpaired) electrons. The van der Waals surface area contributed by atoms with Crippen molar-refractivity contribution in [2.75, 3.05) is 17.7 Å². The van der Waals surface area contributed by atoms with Crippen LogP contribution >= 0.6 is 12.2 Å². The lowest BCUT2D eigenvalue weighted by Gasteiger charge is -2.12. The molecule has 0 amide bonds. The highest BCUT2D eigenvalue weighted by Crippen LogP contribution is 2.21. The number of hydrogen-bond donors (Lipinski definition) is 2. The molecule has 6 heteroatoms. The largest absolute Gasteiger partial charge is 0.497 e. The van der Waals surface area contributed by atoms with Crippen molar-refractivity contribution in [1.29, 1.82) is 0 Å². The lowest BCUT2D eigenvalue weighted by Crippen LogP contribution is -2.21. The Morgan fingerprint density at radius 3 is 2.79 bits per heavy atom. The quantitative estimate of drug-likeness (QED) is 0.680. The van der Waals surface area contributed by atoms with Gasteiger partial charge in [0.15, 0.2) is 5.11 Å². The predicted octanol–water partition coefficient (Wildman–Crippen LogP) is 4.26. The molecule has 0 unspecified atom stereocenters. The van der Waals surface area contributed by atoms with E-state index in [0.29, 0.717) is 5.11 Å². The van der Waals surface area contributed by atoms with Gasteiger partial charge in [-0.3, -0.25) is 0 Å². The van der Waals surface area contributed by atoms with Gasteiger partial charge in [0.1, 0.15) is 5.75 Å². The van der Waals surface area contributed by atoms with Crippen LogP contribution in [0.2, 0.25) is 0 Å². The molecule has 2 N–H and O–H groups in total. The molecule has 2 aromatic carbocycles. The molecule has 0 aliphatic rings. The van der Waals surface area contributed by atoms with Gasteiger partial charge in [0.25, 0.3) is 0 Å². The maximum absolute atomic E-state index is 5.43. The van der Waals surface area contributed by atoms with Crippen LogP contribution in [0, 0.1) is 0 Å². The van der Waals surface area contributed by atoms with Crippen molar-refractivity contribution in [1.82, 2.24) is 9.55 Å². The number of methoxy groups -OCH3 is 1. The van der Waals surface area contributed by atoms with Gasteiger partial charge in [-0.05, 0) is 42.9 Å². The Hall–Kier alpha value is -2.60. The van der Waals surface area contributed by atoms with Gasteiger partial charge in [0.2, 0.25) is 5.95 Å². The second kappa shape index (κ2) is 7.31. The van der Waals surface area contributed by atoms with Crippen LogP contribution in [0.1, 0.15) is 13.3 Å². The second-order valence-corrected chi connectivity index (χ2v) is 5.80. The molecule has 0 aliphatic carbocycles. The minimum Gasteiger partial charge on any atom is -0.497 e. The Kier molecular flexibility index (Phi) is 4.96. The van der Waals surface area contributed by atoms with Crippen LogP contribution in [-0.4, -0.2) is 21.8 Å². The Labute approximate surface area is 146 Å². The van der Waals surface area contributed by atoms with Crippen molar-refractivity contribution in [2.24, 2.45) is 0 Å². The highest BCUT2D eigenvalue weighted by Gasteiger charge is 2.11. The zero-order chi connectivity index (χ0) is 16.9. The van der Waals surface area contributed by atoms with Crippen LogP contribution < -0.4 is 15.4 Å². The number of ether oxygens (including phenoxy) is 1. The fourth-order valence-electron chi connectivity index (χ4n) is 2.59. The highest BCUT2D eigenvalue weighted by atomic mass is 32.1. The highest BCUT2D eigenvalue weighted by molar-refractivity contribution is 7.80. The molecule has 0 bridgehead atoms. The van der Waals surface area contributed by atoms with Gasteiger partial charge in [0.05, 0.1) is 18.1 Å². The first-order valence-corrected chi connectivity index (χ1v) is 8.29. The van der Waals surface area contributed by atoms with E-state index in [0.717, 1.165) is 41.4 Å². The van der Waals surface area contributed by atoms with E-state index in [9.17, 15) is 0 Å². The van der Waals surface area contributed by atoms with Crippen LogP contribution in [0.5, 0.6) is 5.75 Å². The number of rotatable bonds is 5. The summed E-state index contributed by atoms with van der Waals surface area (Å²) < 4.78 is 7.37. The molecule has 0 saturated carbocycles. The first-order valence-electron chi connectivity index (χ1n) is 7.88. The van der Waals surface area contributed by atoms with Gasteiger partial charge in [-0.25, -0.2) is 4.98 Å². The molecule has 0 spiro atoms. The van der Waals surface area contributed by atoms with E-state index < -0.39 is 0 Å². The van der Waals surface area contributed by atoms with E-state index in [1.165, 1.54) is 0 Å². The zero-order valence-corrected chi connectivity index (χ0v) is 14.6. The fourth-order valence-corrected chi connectivity index (χ4v) is 2.79. The molecule has 3 rings (SSSR count). The maximum atomic E-state index is 5.43. The van der Waals surface area contributed by atoms with Crippen molar-refractivity contribution >= 4 is 40.0 Å². The van der Waals surface area contributed by atoms with E-state index in [1.807, 2.05) is 42.5 Å². The van der Waals surface area contributed by atoms with E-state index in [-0.39, 0.29) is 0 Å². The van der Waals surface area contributed by atoms with Crippen LogP contribution in [0.4, 0.5) is 11.6 Å². The molecule has 0 fully saturated rings. The number of nitrogens with zero attached hydrogens (tertiary/aromatic N) is 2. The van der Waals surface area contributed by atoms with Crippen molar-refractivity contribution < 1.29 is 4.74 Å². The molecule has 1 aromatic heterocycles. The van der Waals surface area contributed by atoms with Crippen LogP contribution in [0.15, 0.2) is 48.5 Å². The van der Waals surface area contributed by atoms with Crippen LogP contribution in [0.25, 0.3) is 11.0 Å². The number of thiocarbonyl (C=S) groups is 1. The van der Waals surface area contributed by atoms with Gasteiger partial charge in [-0.15, -0.1) is 0 Å². The zero-order valence-electron chi connectivity index (χ0n) is 13.7. The number of nitrogens with one attached hydrogen (secondary N) is 2. The summed E-state index contributed by atoms with van der Waals surface area (Å²) in [5.74, 6) is 1.53. The standard InChI is InChI=1S/C18H20N4OS/c1-3-11-22-16-10-5-4-9-15(16)20-17(22)21-18(24)19-13-7-6-8-14(12-13)23-2/h4-10,12H,3,11H2,1-2H3,(H2,19,20,21,24). The molecule has 124 valence electrons. The van der Waals surface area contributed by atoms with E-state index in [2.05, 4.69) is 33.2 Å². The van der Waals surface area contributed by atoms with Crippen molar-refractivity contribution in [2.45, 2.75) is 19.9 Å². The summed E-state index contributed by atoms with van der Waals surface area (Å²) >= 11 is 5.43. The van der Waals surface area contributed by atoms with E-state index in [1.54, 1.807) is 7.11 Å². The first-order chi connectivity index (χ1) is 11.7. The molecule has 3 aromatic rings. The summed E-state index contributed by atoms with van der Waals surface area (Å²) in [6, 6.07) is 15.7. The van der Waals surface area contributed by atoms with Gasteiger partial charge in [0, 0.05) is 18.3 Å². The number of aromatic nitrogens is 2. The lowest BCUT2D eigenvalue weighted by atomic mass is 10.3. The third-order valence-electron chi connectivity index (χ3n) is 3.65. The monoisotopic (exact) mass is 340 g/mol. The van der Waals surface area contributed by atoms with E-state index in [4.69, 9.17) is 17.0 Å². The van der Waals surface area contributed by atoms with E-state index >= 15 is 0 Å². The average Bonchev–Trinajstić information content (AvgIpc) is 2.93. The number of anilines is 2. The number of para-hydroxylation sites is 2. The second-order valence-electron chi connectivity index (χ2n) is 5.39. The predicted molar refractivity (Wildman–Crippen MR) is 103 cm³/mol. The Morgan fingerprint density at radius 1 is 1.17 bits per heavy atom. The normalized spacial score (nSPS) is 10.6. The summed E-state index contributed by atoms with van der Waals surface area (Å²) in [6.45, 7) is 3.02. The summed E-state index contributed by atoms with van der Waals surface area (Å²) in [4.78, 5) is 4.65. The molecule has 1 heterocycles. The van der Waals surface area contributed by atoms with Gasteiger partial charge < -0.3 is 19.9 Å². The number of imidazole rings is 1. The first kappa shape index (κ1) is 16.3. The SMILES string of the molecule is CCCn1c(NC(=S)Nc2cccc(OC)c2)nc2ccccc21. The van der Waals surface area contributed by atoms with Crippen LogP contribution in [0.3, 0.4) is 0 Å². The molecule has 0 saturated heterocycles. The number of hydrogen-bond acceptors (Lipinski definition) is 3. The van der Waals surface area contributed by atoms with Gasteiger partial charge in [-0.1, -0.05) is 25.1 Å². The molecule has 0 atom stereocenters. The Bertz CT molecular complexity index is 859. The Balaban J connectivity index is 1.80. The summed E-state index contributed by atoms with van der Waals surface area (Å²) in [5, 5.41) is 6.86. The number of fused-ring (bicyclic) bond motifs is 1.